The minimum Gasteiger partial charge on any atom is -0.309 e. The zero-order valence-electron chi connectivity index (χ0n) is 10.7. The van der Waals surface area contributed by atoms with Crippen LogP contribution in [0.1, 0.15) is 23.4 Å². The van der Waals surface area contributed by atoms with Crippen LogP contribution in [0.15, 0.2) is 41.8 Å². The molecule has 5 heteroatoms. The van der Waals surface area contributed by atoms with Crippen molar-refractivity contribution in [3.8, 4) is 0 Å². The Hall–Kier alpha value is -1.72. The third-order valence-corrected chi connectivity index (χ3v) is 4.04. The van der Waals surface area contributed by atoms with Gasteiger partial charge >= 0.3 is 0 Å². The number of benzene rings is 1. The Morgan fingerprint density at radius 3 is 2.63 bits per heavy atom. The van der Waals surface area contributed by atoms with E-state index in [4.69, 9.17) is 0 Å². The van der Waals surface area contributed by atoms with Crippen LogP contribution in [-0.2, 0) is 6.42 Å². The van der Waals surface area contributed by atoms with Gasteiger partial charge < -0.3 is 5.32 Å². The molecule has 0 saturated heterocycles. The number of nitro groups is 1. The van der Waals surface area contributed by atoms with Crippen molar-refractivity contribution in [2.24, 2.45) is 0 Å². The summed E-state index contributed by atoms with van der Waals surface area (Å²) in [7, 11) is 0. The highest BCUT2D eigenvalue weighted by atomic mass is 32.1. The van der Waals surface area contributed by atoms with E-state index >= 15 is 0 Å². The van der Waals surface area contributed by atoms with Gasteiger partial charge in [0.1, 0.15) is 0 Å². The van der Waals surface area contributed by atoms with Crippen molar-refractivity contribution in [3.05, 3.63) is 62.3 Å². The van der Waals surface area contributed by atoms with Crippen LogP contribution >= 0.6 is 11.3 Å². The highest BCUT2D eigenvalue weighted by Crippen LogP contribution is 2.18. The molecule has 1 heterocycles. The molecule has 1 aromatic carbocycles. The summed E-state index contributed by atoms with van der Waals surface area (Å²) in [5, 5.41) is 16.1. The van der Waals surface area contributed by atoms with Gasteiger partial charge in [0.2, 0.25) is 0 Å². The second-order valence-corrected chi connectivity index (χ2v) is 5.34. The van der Waals surface area contributed by atoms with E-state index < -0.39 is 0 Å². The van der Waals surface area contributed by atoms with Crippen molar-refractivity contribution in [1.29, 1.82) is 0 Å². The molecule has 0 aliphatic carbocycles. The second kappa shape index (κ2) is 6.45. The van der Waals surface area contributed by atoms with Gasteiger partial charge in [0.25, 0.3) is 5.69 Å². The number of non-ortho nitro benzene ring substituents is 1. The number of nitrogens with one attached hydrogen (secondary N) is 1. The molecule has 100 valence electrons. The zero-order valence-corrected chi connectivity index (χ0v) is 11.5. The molecule has 19 heavy (non-hydrogen) atoms. The second-order valence-electron chi connectivity index (χ2n) is 4.36. The average Bonchev–Trinajstić information content (AvgIpc) is 2.93. The SMILES string of the molecule is C[C@@H](NCCc1ccc([N+](=O)[O-])cc1)c1cccs1. The van der Waals surface area contributed by atoms with Gasteiger partial charge in [0.15, 0.2) is 0 Å². The van der Waals surface area contributed by atoms with Crippen molar-refractivity contribution in [2.75, 3.05) is 6.54 Å². The average molecular weight is 276 g/mol. The van der Waals surface area contributed by atoms with E-state index in [1.165, 1.54) is 4.88 Å². The van der Waals surface area contributed by atoms with Crippen LogP contribution in [0.4, 0.5) is 5.69 Å². The van der Waals surface area contributed by atoms with Gasteiger partial charge in [0, 0.05) is 23.1 Å². The maximum absolute atomic E-state index is 10.5. The lowest BCUT2D eigenvalue weighted by molar-refractivity contribution is -0.384. The molecule has 1 aromatic heterocycles. The summed E-state index contributed by atoms with van der Waals surface area (Å²) in [6.07, 6.45) is 0.869. The third kappa shape index (κ3) is 3.87. The molecule has 0 amide bonds. The Morgan fingerprint density at radius 2 is 2.05 bits per heavy atom. The first kappa shape index (κ1) is 13.7. The molecule has 1 N–H and O–H groups in total. The lowest BCUT2D eigenvalue weighted by Gasteiger charge is -2.11. The van der Waals surface area contributed by atoms with E-state index in [2.05, 4.69) is 29.8 Å². The number of hydrogen-bond acceptors (Lipinski definition) is 4. The Morgan fingerprint density at radius 1 is 1.32 bits per heavy atom. The Labute approximate surface area is 116 Å². The molecule has 2 aromatic rings. The van der Waals surface area contributed by atoms with Crippen LogP contribution in [0.2, 0.25) is 0 Å². The first-order chi connectivity index (χ1) is 9.16. The molecule has 0 fully saturated rings. The Bertz CT molecular complexity index is 523. The van der Waals surface area contributed by atoms with Crippen molar-refractivity contribution < 1.29 is 4.92 Å². The quantitative estimate of drug-likeness (QED) is 0.648. The first-order valence-corrected chi connectivity index (χ1v) is 7.05. The van der Waals surface area contributed by atoms with Gasteiger partial charge in [-0.2, -0.15) is 0 Å². The molecule has 4 nitrogen and oxygen atoms in total. The molecular weight excluding hydrogens is 260 g/mol. The van der Waals surface area contributed by atoms with Gasteiger partial charge in [-0.15, -0.1) is 11.3 Å². The van der Waals surface area contributed by atoms with Crippen LogP contribution in [0, 0.1) is 10.1 Å². The number of nitrogens with zero attached hydrogens (tertiary/aromatic N) is 1. The van der Waals surface area contributed by atoms with E-state index in [-0.39, 0.29) is 10.6 Å². The van der Waals surface area contributed by atoms with E-state index in [0.29, 0.717) is 6.04 Å². The largest absolute Gasteiger partial charge is 0.309 e. The summed E-state index contributed by atoms with van der Waals surface area (Å²) in [6.45, 7) is 3.00. The third-order valence-electron chi connectivity index (χ3n) is 2.98. The summed E-state index contributed by atoms with van der Waals surface area (Å²) in [4.78, 5) is 11.5. The molecule has 0 spiro atoms. The predicted molar refractivity (Wildman–Crippen MR) is 77.5 cm³/mol. The van der Waals surface area contributed by atoms with Crippen LogP contribution in [0.5, 0.6) is 0 Å². The number of rotatable bonds is 6. The maximum atomic E-state index is 10.5. The number of thiophene rings is 1. The lowest BCUT2D eigenvalue weighted by Crippen LogP contribution is -2.20. The molecule has 1 atom stereocenters. The summed E-state index contributed by atoms with van der Waals surface area (Å²) < 4.78 is 0. The zero-order chi connectivity index (χ0) is 13.7. The maximum Gasteiger partial charge on any atom is 0.269 e. The molecule has 0 aliphatic heterocycles. The number of hydrogen-bond donors (Lipinski definition) is 1. The van der Waals surface area contributed by atoms with E-state index in [1.807, 2.05) is 12.1 Å². The molecular formula is C14H16N2O2S. The fourth-order valence-corrected chi connectivity index (χ4v) is 2.61. The lowest BCUT2D eigenvalue weighted by atomic mass is 10.1. The summed E-state index contributed by atoms with van der Waals surface area (Å²) in [5.41, 5.74) is 1.25. The van der Waals surface area contributed by atoms with Crippen molar-refractivity contribution in [1.82, 2.24) is 5.32 Å². The highest BCUT2D eigenvalue weighted by Gasteiger charge is 2.06. The summed E-state index contributed by atoms with van der Waals surface area (Å²) in [5.74, 6) is 0. The summed E-state index contributed by atoms with van der Waals surface area (Å²) in [6, 6.07) is 11.3. The minimum atomic E-state index is -0.374. The Kier molecular flexibility index (Phi) is 4.65. The van der Waals surface area contributed by atoms with Crippen molar-refractivity contribution in [2.45, 2.75) is 19.4 Å². The van der Waals surface area contributed by atoms with E-state index in [1.54, 1.807) is 23.5 Å². The van der Waals surface area contributed by atoms with Gasteiger partial charge in [-0.3, -0.25) is 10.1 Å². The van der Waals surface area contributed by atoms with Crippen molar-refractivity contribution >= 4 is 17.0 Å². The van der Waals surface area contributed by atoms with Gasteiger partial charge in [0.05, 0.1) is 4.92 Å². The van der Waals surface area contributed by atoms with Crippen LogP contribution < -0.4 is 5.32 Å². The topological polar surface area (TPSA) is 55.2 Å². The van der Waals surface area contributed by atoms with Crippen LogP contribution in [0.25, 0.3) is 0 Å². The molecule has 0 unspecified atom stereocenters. The fourth-order valence-electron chi connectivity index (χ4n) is 1.86. The minimum absolute atomic E-state index is 0.142. The van der Waals surface area contributed by atoms with Gasteiger partial charge in [-0.05, 0) is 36.9 Å². The van der Waals surface area contributed by atoms with Crippen molar-refractivity contribution in [3.63, 3.8) is 0 Å². The first-order valence-electron chi connectivity index (χ1n) is 6.17. The standard InChI is InChI=1S/C14H16N2O2S/c1-11(14-3-2-10-19-14)15-9-8-12-4-6-13(7-5-12)16(17)18/h2-7,10-11,15H,8-9H2,1H3/t11-/m1/s1. The van der Waals surface area contributed by atoms with Gasteiger partial charge in [-0.25, -0.2) is 0 Å². The monoisotopic (exact) mass is 276 g/mol. The molecule has 2 rings (SSSR count). The highest BCUT2D eigenvalue weighted by molar-refractivity contribution is 7.10. The molecule has 0 bridgehead atoms. The van der Waals surface area contributed by atoms with E-state index in [0.717, 1.165) is 18.5 Å². The van der Waals surface area contributed by atoms with Gasteiger partial charge in [-0.1, -0.05) is 18.2 Å². The molecule has 0 saturated carbocycles. The predicted octanol–water partition coefficient (Wildman–Crippen LogP) is 3.55. The van der Waals surface area contributed by atoms with Crippen LogP contribution in [0.3, 0.4) is 0 Å². The smallest absolute Gasteiger partial charge is 0.269 e. The Balaban J connectivity index is 1.81. The molecule has 0 radical (unpaired) electrons. The normalized spacial score (nSPS) is 12.3. The van der Waals surface area contributed by atoms with Crippen LogP contribution in [-0.4, -0.2) is 11.5 Å². The molecule has 0 aliphatic rings. The number of nitro benzene ring substituents is 1. The van der Waals surface area contributed by atoms with E-state index in [9.17, 15) is 10.1 Å². The summed E-state index contributed by atoms with van der Waals surface area (Å²) >= 11 is 1.74. The fraction of sp³-hybridized carbons (Fsp3) is 0.286.